The predicted octanol–water partition coefficient (Wildman–Crippen LogP) is 2.81. The van der Waals surface area contributed by atoms with Crippen molar-refractivity contribution in [3.63, 3.8) is 0 Å². The minimum atomic E-state index is -0.558. The first-order valence-corrected chi connectivity index (χ1v) is 7.28. The molecular weight excluding hydrogens is 292 g/mol. The van der Waals surface area contributed by atoms with Crippen molar-refractivity contribution in [2.45, 2.75) is 32.2 Å². The summed E-state index contributed by atoms with van der Waals surface area (Å²) in [5.74, 6) is 0.891. The predicted molar refractivity (Wildman–Crippen MR) is 83.1 cm³/mol. The molecule has 0 aliphatic heterocycles. The smallest absolute Gasteiger partial charge is 0.231 e. The highest BCUT2D eigenvalue weighted by atomic mass is 35.5. The molecule has 3 N–H and O–H groups in total. The second-order valence-electron chi connectivity index (χ2n) is 5.56. The number of methoxy groups -OCH3 is 2. The molecule has 2 atom stereocenters. The Hall–Kier alpha value is -1.46. The summed E-state index contributed by atoms with van der Waals surface area (Å²) >= 11 is 6.11. The third kappa shape index (κ3) is 2.94. The maximum atomic E-state index is 12.6. The van der Waals surface area contributed by atoms with E-state index in [9.17, 15) is 4.79 Å². The van der Waals surface area contributed by atoms with E-state index in [0.29, 0.717) is 22.2 Å². The summed E-state index contributed by atoms with van der Waals surface area (Å²) in [7, 11) is 3.05. The van der Waals surface area contributed by atoms with Crippen molar-refractivity contribution < 1.29 is 14.3 Å². The van der Waals surface area contributed by atoms with Crippen LogP contribution in [-0.2, 0) is 4.79 Å². The summed E-state index contributed by atoms with van der Waals surface area (Å²) in [5.41, 5.74) is 6.04. The van der Waals surface area contributed by atoms with E-state index in [-0.39, 0.29) is 11.9 Å². The molecule has 6 heteroatoms. The van der Waals surface area contributed by atoms with E-state index < -0.39 is 5.41 Å². The molecule has 21 heavy (non-hydrogen) atoms. The Morgan fingerprint density at radius 1 is 1.38 bits per heavy atom. The van der Waals surface area contributed by atoms with E-state index in [1.54, 1.807) is 12.1 Å². The fraction of sp³-hybridized carbons (Fsp3) is 0.533. The highest BCUT2D eigenvalue weighted by Crippen LogP contribution is 2.40. The normalized spacial score (nSPS) is 24.7. The minimum Gasteiger partial charge on any atom is -0.495 e. The van der Waals surface area contributed by atoms with Crippen molar-refractivity contribution in [3.05, 3.63) is 17.2 Å². The zero-order chi connectivity index (χ0) is 15.6. The lowest BCUT2D eigenvalue weighted by molar-refractivity contribution is -0.125. The van der Waals surface area contributed by atoms with Gasteiger partial charge in [-0.3, -0.25) is 4.79 Å². The zero-order valence-corrected chi connectivity index (χ0v) is 13.3. The van der Waals surface area contributed by atoms with Crippen molar-refractivity contribution in [1.82, 2.24) is 0 Å². The fourth-order valence-corrected chi connectivity index (χ4v) is 2.94. The first-order chi connectivity index (χ1) is 9.92. The quantitative estimate of drug-likeness (QED) is 0.896. The molecule has 1 aromatic rings. The number of benzene rings is 1. The molecule has 0 aromatic heterocycles. The first kappa shape index (κ1) is 15.9. The number of anilines is 1. The molecule has 1 saturated carbocycles. The van der Waals surface area contributed by atoms with Crippen LogP contribution >= 0.6 is 11.6 Å². The van der Waals surface area contributed by atoms with Gasteiger partial charge >= 0.3 is 0 Å². The highest BCUT2D eigenvalue weighted by Gasteiger charge is 2.43. The van der Waals surface area contributed by atoms with E-state index in [1.807, 2.05) is 6.92 Å². The SMILES string of the molecule is COc1cc(OC)c(NC(=O)C2(C)CCCC2N)cc1Cl. The standard InChI is InChI=1S/C15H21ClN2O3/c1-15(6-4-5-13(15)17)14(19)18-10-7-9(16)11(20-2)8-12(10)21-3/h7-8,13H,4-6,17H2,1-3H3,(H,18,19). The van der Waals surface area contributed by atoms with Crippen molar-refractivity contribution in [2.75, 3.05) is 19.5 Å². The Bertz CT molecular complexity index is 550. The lowest BCUT2D eigenvalue weighted by Crippen LogP contribution is -2.44. The van der Waals surface area contributed by atoms with Gasteiger partial charge in [-0.25, -0.2) is 0 Å². The van der Waals surface area contributed by atoms with E-state index in [4.69, 9.17) is 26.8 Å². The van der Waals surface area contributed by atoms with Gasteiger partial charge in [-0.2, -0.15) is 0 Å². The molecule has 1 aliphatic carbocycles. The van der Waals surface area contributed by atoms with Crippen LogP contribution in [0.15, 0.2) is 12.1 Å². The summed E-state index contributed by atoms with van der Waals surface area (Å²) in [6, 6.07) is 3.15. The molecule has 2 rings (SSSR count). The Kier molecular flexibility index (Phi) is 4.64. The zero-order valence-electron chi connectivity index (χ0n) is 12.5. The average Bonchev–Trinajstić information content (AvgIpc) is 2.80. The van der Waals surface area contributed by atoms with Crippen LogP contribution in [0.4, 0.5) is 5.69 Å². The van der Waals surface area contributed by atoms with Gasteiger partial charge in [0.1, 0.15) is 11.5 Å². The number of nitrogens with two attached hydrogens (primary N) is 1. The van der Waals surface area contributed by atoms with Crippen molar-refractivity contribution >= 4 is 23.2 Å². The summed E-state index contributed by atoms with van der Waals surface area (Å²) in [6.45, 7) is 1.90. The number of carbonyl (C=O) groups excluding carboxylic acids is 1. The van der Waals surface area contributed by atoms with Crippen LogP contribution in [0, 0.1) is 5.41 Å². The summed E-state index contributed by atoms with van der Waals surface area (Å²) in [4.78, 5) is 12.6. The topological polar surface area (TPSA) is 73.6 Å². The Balaban J connectivity index is 2.27. The van der Waals surface area contributed by atoms with E-state index >= 15 is 0 Å². The molecular formula is C15H21ClN2O3. The molecule has 5 nitrogen and oxygen atoms in total. The molecule has 116 valence electrons. The first-order valence-electron chi connectivity index (χ1n) is 6.91. The van der Waals surface area contributed by atoms with Crippen LogP contribution in [0.5, 0.6) is 11.5 Å². The van der Waals surface area contributed by atoms with Crippen LogP contribution in [0.3, 0.4) is 0 Å². The van der Waals surface area contributed by atoms with Crippen LogP contribution in [0.25, 0.3) is 0 Å². The molecule has 0 bridgehead atoms. The van der Waals surface area contributed by atoms with Gasteiger partial charge < -0.3 is 20.5 Å². The Morgan fingerprint density at radius 3 is 2.57 bits per heavy atom. The highest BCUT2D eigenvalue weighted by molar-refractivity contribution is 6.32. The number of amides is 1. The van der Waals surface area contributed by atoms with Gasteiger partial charge in [0, 0.05) is 12.1 Å². The van der Waals surface area contributed by atoms with Crippen LogP contribution in [0.1, 0.15) is 26.2 Å². The van der Waals surface area contributed by atoms with E-state index in [0.717, 1.165) is 19.3 Å². The Labute approximate surface area is 129 Å². The van der Waals surface area contributed by atoms with Crippen molar-refractivity contribution in [2.24, 2.45) is 11.1 Å². The maximum Gasteiger partial charge on any atom is 0.231 e. The number of nitrogens with one attached hydrogen (secondary N) is 1. The lowest BCUT2D eigenvalue weighted by atomic mass is 9.84. The van der Waals surface area contributed by atoms with Crippen LogP contribution < -0.4 is 20.5 Å². The minimum absolute atomic E-state index is 0.105. The van der Waals surface area contributed by atoms with Crippen molar-refractivity contribution in [1.29, 1.82) is 0 Å². The largest absolute Gasteiger partial charge is 0.495 e. The number of hydrogen-bond acceptors (Lipinski definition) is 4. The third-order valence-electron chi connectivity index (χ3n) is 4.27. The van der Waals surface area contributed by atoms with Crippen LogP contribution in [-0.4, -0.2) is 26.2 Å². The van der Waals surface area contributed by atoms with Gasteiger partial charge in [0.05, 0.1) is 30.3 Å². The number of hydrogen-bond donors (Lipinski definition) is 2. The lowest BCUT2D eigenvalue weighted by Gasteiger charge is -2.28. The van der Waals surface area contributed by atoms with E-state index in [2.05, 4.69) is 5.32 Å². The number of carbonyl (C=O) groups is 1. The maximum absolute atomic E-state index is 12.6. The molecule has 1 aromatic carbocycles. The van der Waals surface area contributed by atoms with Crippen molar-refractivity contribution in [3.8, 4) is 11.5 Å². The summed E-state index contributed by atoms with van der Waals surface area (Å²) in [6.07, 6.45) is 2.61. The molecule has 0 spiro atoms. The molecule has 0 heterocycles. The fourth-order valence-electron chi connectivity index (χ4n) is 2.70. The Morgan fingerprint density at radius 2 is 2.05 bits per heavy atom. The molecule has 0 saturated heterocycles. The molecule has 0 radical (unpaired) electrons. The van der Waals surface area contributed by atoms with Gasteiger partial charge in [-0.05, 0) is 25.8 Å². The second kappa shape index (κ2) is 6.12. The molecule has 1 amide bonds. The molecule has 1 fully saturated rings. The molecule has 1 aliphatic rings. The molecule has 2 unspecified atom stereocenters. The second-order valence-corrected chi connectivity index (χ2v) is 5.96. The average molecular weight is 313 g/mol. The van der Waals surface area contributed by atoms with Gasteiger partial charge in [-0.15, -0.1) is 0 Å². The monoisotopic (exact) mass is 312 g/mol. The van der Waals surface area contributed by atoms with E-state index in [1.165, 1.54) is 14.2 Å². The van der Waals surface area contributed by atoms with Gasteiger partial charge in [0.2, 0.25) is 5.91 Å². The van der Waals surface area contributed by atoms with Gasteiger partial charge in [0.15, 0.2) is 0 Å². The number of rotatable bonds is 4. The van der Waals surface area contributed by atoms with Gasteiger partial charge in [0.25, 0.3) is 0 Å². The van der Waals surface area contributed by atoms with Gasteiger partial charge in [-0.1, -0.05) is 18.0 Å². The van der Waals surface area contributed by atoms with Crippen LogP contribution in [0.2, 0.25) is 5.02 Å². The third-order valence-corrected chi connectivity index (χ3v) is 4.57. The number of ether oxygens (including phenoxy) is 2. The summed E-state index contributed by atoms with van der Waals surface area (Å²) < 4.78 is 10.4. The number of halogens is 1. The summed E-state index contributed by atoms with van der Waals surface area (Å²) in [5, 5.41) is 3.29.